The molecule has 3 nitrogen and oxygen atoms in total. The molecule has 0 spiro atoms. The van der Waals surface area contributed by atoms with E-state index in [9.17, 15) is 13.2 Å². The number of benzene rings is 1. The summed E-state index contributed by atoms with van der Waals surface area (Å²) in [4.78, 5) is 1.27. The van der Waals surface area contributed by atoms with Gasteiger partial charge in [-0.2, -0.15) is 18.4 Å². The van der Waals surface area contributed by atoms with Gasteiger partial charge in [-0.1, -0.05) is 13.0 Å². The molecule has 0 saturated heterocycles. The van der Waals surface area contributed by atoms with Crippen LogP contribution < -0.4 is 4.74 Å². The number of nitrogens with zero attached hydrogens (tertiary/aromatic N) is 2. The maximum absolute atomic E-state index is 12.3. The van der Waals surface area contributed by atoms with E-state index in [1.165, 1.54) is 12.0 Å². The van der Waals surface area contributed by atoms with Crippen LogP contribution in [0.1, 0.15) is 18.1 Å². The summed E-state index contributed by atoms with van der Waals surface area (Å²) < 4.78 is 42.0. The van der Waals surface area contributed by atoms with Crippen LogP contribution in [0.4, 0.5) is 13.2 Å². The third-order valence-corrected chi connectivity index (χ3v) is 2.64. The van der Waals surface area contributed by atoms with Crippen LogP contribution in [0.15, 0.2) is 18.2 Å². The Hall–Kier alpha value is -1.74. The summed E-state index contributed by atoms with van der Waals surface area (Å²) in [7, 11) is 1.44. The molecule has 1 aromatic carbocycles. The van der Waals surface area contributed by atoms with E-state index in [-0.39, 0.29) is 13.1 Å². The highest BCUT2D eigenvalue weighted by Crippen LogP contribution is 2.21. The molecular formula is C13H15F3N2O. The molecule has 0 amide bonds. The number of nitriles is 1. The molecule has 0 aliphatic carbocycles. The molecule has 0 atom stereocenters. The van der Waals surface area contributed by atoms with E-state index in [0.29, 0.717) is 16.9 Å². The molecule has 0 N–H and O–H groups in total. The van der Waals surface area contributed by atoms with Crippen LogP contribution in [0.25, 0.3) is 0 Å². The Morgan fingerprint density at radius 1 is 1.37 bits per heavy atom. The molecule has 1 rings (SSSR count). The first kappa shape index (κ1) is 15.3. The van der Waals surface area contributed by atoms with E-state index in [1.807, 2.05) is 6.07 Å². The van der Waals surface area contributed by atoms with Gasteiger partial charge in [0.1, 0.15) is 11.8 Å². The first-order valence-electron chi connectivity index (χ1n) is 5.75. The number of hydrogen-bond acceptors (Lipinski definition) is 3. The minimum absolute atomic E-state index is 0.148. The van der Waals surface area contributed by atoms with Gasteiger partial charge in [0, 0.05) is 6.54 Å². The Morgan fingerprint density at radius 3 is 2.53 bits per heavy atom. The van der Waals surface area contributed by atoms with Gasteiger partial charge in [0.25, 0.3) is 0 Å². The lowest BCUT2D eigenvalue weighted by atomic mass is 10.1. The number of halogens is 3. The summed E-state index contributed by atoms with van der Waals surface area (Å²) in [6.07, 6.45) is -4.22. The lowest BCUT2D eigenvalue weighted by Gasteiger charge is -2.22. The van der Waals surface area contributed by atoms with Gasteiger partial charge in [0.15, 0.2) is 0 Å². The molecular weight excluding hydrogens is 257 g/mol. The molecule has 0 fully saturated rings. The fourth-order valence-corrected chi connectivity index (χ4v) is 1.73. The van der Waals surface area contributed by atoms with Gasteiger partial charge in [-0.25, -0.2) is 0 Å². The molecule has 0 aromatic heterocycles. The van der Waals surface area contributed by atoms with Crippen molar-refractivity contribution in [3.8, 4) is 11.8 Å². The van der Waals surface area contributed by atoms with E-state index >= 15 is 0 Å². The summed E-state index contributed by atoms with van der Waals surface area (Å²) in [6, 6.07) is 6.77. The van der Waals surface area contributed by atoms with Crippen molar-refractivity contribution in [3.05, 3.63) is 29.3 Å². The fraction of sp³-hybridized carbons (Fsp3) is 0.462. The van der Waals surface area contributed by atoms with E-state index in [0.717, 1.165) is 0 Å². The lowest BCUT2D eigenvalue weighted by molar-refractivity contribution is -0.146. The Balaban J connectivity index is 2.84. The maximum atomic E-state index is 12.3. The lowest BCUT2D eigenvalue weighted by Crippen LogP contribution is -2.33. The molecule has 6 heteroatoms. The second kappa shape index (κ2) is 6.43. The second-order valence-corrected chi connectivity index (χ2v) is 4.06. The summed E-state index contributed by atoms with van der Waals surface area (Å²) in [5.41, 5.74) is 0.978. The van der Waals surface area contributed by atoms with Gasteiger partial charge < -0.3 is 4.74 Å². The van der Waals surface area contributed by atoms with Crippen LogP contribution in [0, 0.1) is 11.3 Å². The summed E-state index contributed by atoms with van der Waals surface area (Å²) >= 11 is 0. The molecule has 0 aliphatic heterocycles. The average Bonchev–Trinajstić information content (AvgIpc) is 2.36. The molecule has 0 heterocycles. The van der Waals surface area contributed by atoms with Crippen molar-refractivity contribution in [2.75, 3.05) is 20.2 Å². The predicted molar refractivity (Wildman–Crippen MR) is 64.7 cm³/mol. The largest absolute Gasteiger partial charge is 0.495 e. The Kier molecular flexibility index (Phi) is 5.19. The maximum Gasteiger partial charge on any atom is 0.401 e. The molecule has 1 aromatic rings. The summed E-state index contributed by atoms with van der Waals surface area (Å²) in [5.74, 6) is 0.421. The number of hydrogen-bond donors (Lipinski definition) is 0. The first-order chi connectivity index (χ1) is 8.89. The van der Waals surface area contributed by atoms with Crippen LogP contribution in [0.3, 0.4) is 0 Å². The Morgan fingerprint density at radius 2 is 2.05 bits per heavy atom. The van der Waals surface area contributed by atoms with Crippen molar-refractivity contribution in [2.45, 2.75) is 19.6 Å². The Labute approximate surface area is 110 Å². The van der Waals surface area contributed by atoms with Crippen LogP contribution in [0.5, 0.6) is 5.75 Å². The van der Waals surface area contributed by atoms with Crippen LogP contribution >= 0.6 is 0 Å². The third kappa shape index (κ3) is 4.79. The molecule has 0 saturated carbocycles. The highest BCUT2D eigenvalue weighted by atomic mass is 19.4. The van der Waals surface area contributed by atoms with E-state index < -0.39 is 12.7 Å². The van der Waals surface area contributed by atoms with E-state index in [4.69, 9.17) is 10.00 Å². The predicted octanol–water partition coefficient (Wildman–Crippen LogP) is 2.95. The summed E-state index contributed by atoms with van der Waals surface area (Å²) in [6.45, 7) is 1.14. The number of rotatable bonds is 5. The van der Waals surface area contributed by atoms with Crippen molar-refractivity contribution in [1.29, 1.82) is 5.26 Å². The van der Waals surface area contributed by atoms with Gasteiger partial charge >= 0.3 is 6.18 Å². The number of alkyl halides is 3. The molecule has 0 aliphatic rings. The molecule has 0 unspecified atom stereocenters. The zero-order valence-electron chi connectivity index (χ0n) is 10.8. The van der Waals surface area contributed by atoms with Gasteiger partial charge in [-0.15, -0.1) is 0 Å². The zero-order chi connectivity index (χ0) is 14.5. The molecule has 19 heavy (non-hydrogen) atoms. The minimum Gasteiger partial charge on any atom is -0.495 e. The highest BCUT2D eigenvalue weighted by Gasteiger charge is 2.30. The second-order valence-electron chi connectivity index (χ2n) is 4.06. The highest BCUT2D eigenvalue weighted by molar-refractivity contribution is 5.45. The monoisotopic (exact) mass is 272 g/mol. The van der Waals surface area contributed by atoms with Gasteiger partial charge in [-0.05, 0) is 24.2 Å². The van der Waals surface area contributed by atoms with Crippen LogP contribution in [-0.2, 0) is 6.54 Å². The average molecular weight is 272 g/mol. The SMILES string of the molecule is CCN(Cc1ccc(OC)c(C#N)c1)CC(F)(F)F. The molecule has 0 bridgehead atoms. The smallest absolute Gasteiger partial charge is 0.401 e. The van der Waals surface area contributed by atoms with Crippen molar-refractivity contribution in [3.63, 3.8) is 0 Å². The van der Waals surface area contributed by atoms with Crippen molar-refractivity contribution in [1.82, 2.24) is 4.90 Å². The van der Waals surface area contributed by atoms with E-state index in [2.05, 4.69) is 0 Å². The van der Waals surface area contributed by atoms with Gasteiger partial charge in [-0.3, -0.25) is 4.90 Å². The van der Waals surface area contributed by atoms with Crippen molar-refractivity contribution >= 4 is 0 Å². The topological polar surface area (TPSA) is 36.3 Å². The van der Waals surface area contributed by atoms with Gasteiger partial charge in [0.05, 0.1) is 19.2 Å². The zero-order valence-corrected chi connectivity index (χ0v) is 10.8. The van der Waals surface area contributed by atoms with Crippen molar-refractivity contribution in [2.24, 2.45) is 0 Å². The standard InChI is InChI=1S/C13H15F3N2O/c1-3-18(9-13(14,15)16)8-10-4-5-12(19-2)11(6-10)7-17/h4-6H,3,8-9H2,1-2H3. The van der Waals surface area contributed by atoms with Crippen LogP contribution in [-0.4, -0.2) is 31.3 Å². The third-order valence-electron chi connectivity index (χ3n) is 2.64. The quantitative estimate of drug-likeness (QED) is 0.826. The summed E-state index contributed by atoms with van der Waals surface area (Å²) in [5, 5.41) is 8.93. The van der Waals surface area contributed by atoms with Crippen molar-refractivity contribution < 1.29 is 17.9 Å². The normalized spacial score (nSPS) is 11.4. The number of methoxy groups -OCH3 is 1. The Bertz CT molecular complexity index is 466. The van der Waals surface area contributed by atoms with Gasteiger partial charge in [0.2, 0.25) is 0 Å². The first-order valence-corrected chi connectivity index (χ1v) is 5.75. The number of ether oxygens (including phenoxy) is 1. The molecule has 104 valence electrons. The fourth-order valence-electron chi connectivity index (χ4n) is 1.73. The van der Waals surface area contributed by atoms with Crippen LogP contribution in [0.2, 0.25) is 0 Å². The van der Waals surface area contributed by atoms with E-state index in [1.54, 1.807) is 25.1 Å². The molecule has 0 radical (unpaired) electrons. The minimum atomic E-state index is -4.22.